The number of hydrogen-bond donors (Lipinski definition) is 1. The van der Waals surface area contributed by atoms with Crippen molar-refractivity contribution in [2.45, 2.75) is 70.3 Å². The quantitative estimate of drug-likeness (QED) is 0.674. The van der Waals surface area contributed by atoms with Crippen molar-refractivity contribution < 1.29 is 23.9 Å². The Morgan fingerprint density at radius 1 is 0.946 bits per heavy atom. The topological polar surface area (TPSA) is 88.2 Å². The van der Waals surface area contributed by atoms with E-state index in [1.807, 2.05) is 6.07 Å². The van der Waals surface area contributed by atoms with Crippen LogP contribution in [0.3, 0.4) is 0 Å². The zero-order valence-electron chi connectivity index (χ0n) is 22.3. The maximum Gasteiger partial charge on any atom is 0.225 e. The van der Waals surface area contributed by atoms with E-state index in [-0.39, 0.29) is 29.7 Å². The molecule has 5 rings (SSSR count). The van der Waals surface area contributed by atoms with Gasteiger partial charge in [0.15, 0.2) is 11.5 Å². The Morgan fingerprint density at radius 3 is 2.54 bits per heavy atom. The van der Waals surface area contributed by atoms with E-state index in [0.29, 0.717) is 49.9 Å². The lowest BCUT2D eigenvalue weighted by atomic mass is 9.77. The van der Waals surface area contributed by atoms with E-state index < -0.39 is 0 Å². The van der Waals surface area contributed by atoms with Crippen molar-refractivity contribution in [3.8, 4) is 11.5 Å². The monoisotopic (exact) mass is 511 g/mol. The van der Waals surface area contributed by atoms with Crippen LogP contribution in [0.1, 0.15) is 62.5 Å². The van der Waals surface area contributed by atoms with Crippen LogP contribution in [0.15, 0.2) is 12.1 Å². The highest BCUT2D eigenvalue weighted by atomic mass is 16.5. The van der Waals surface area contributed by atoms with Crippen LogP contribution in [-0.4, -0.2) is 74.0 Å². The molecular weight excluding hydrogens is 470 g/mol. The minimum Gasteiger partial charge on any atom is -0.493 e. The lowest BCUT2D eigenvalue weighted by molar-refractivity contribution is -0.146. The van der Waals surface area contributed by atoms with Gasteiger partial charge in [-0.15, -0.1) is 0 Å². The van der Waals surface area contributed by atoms with Gasteiger partial charge in [-0.3, -0.25) is 14.4 Å². The molecule has 3 aliphatic heterocycles. The van der Waals surface area contributed by atoms with Gasteiger partial charge < -0.3 is 24.6 Å². The van der Waals surface area contributed by atoms with E-state index in [2.05, 4.69) is 21.2 Å². The second kappa shape index (κ2) is 11.3. The Morgan fingerprint density at radius 2 is 1.78 bits per heavy atom. The molecule has 1 aromatic carbocycles. The highest BCUT2D eigenvalue weighted by Crippen LogP contribution is 2.39. The number of ether oxygens (including phenoxy) is 2. The van der Waals surface area contributed by atoms with Crippen LogP contribution in [0.5, 0.6) is 11.5 Å². The number of rotatable bonds is 3. The maximum absolute atomic E-state index is 13.7. The molecule has 1 aromatic rings. The average molecular weight is 512 g/mol. The van der Waals surface area contributed by atoms with E-state index in [0.717, 1.165) is 74.9 Å². The van der Waals surface area contributed by atoms with Crippen molar-refractivity contribution in [1.29, 1.82) is 0 Å². The SMILES string of the molecule is COc1cc2cc(c1OC)CCCNC(=O)CCC[C@H]1[C@@H]3C[C@@H](CN(C(=O)C4CC4)C3)CN1C(=O)CC2. The van der Waals surface area contributed by atoms with Crippen molar-refractivity contribution in [2.75, 3.05) is 40.4 Å². The van der Waals surface area contributed by atoms with Crippen molar-refractivity contribution >= 4 is 17.7 Å². The summed E-state index contributed by atoms with van der Waals surface area (Å²) in [6, 6.07) is 4.18. The second-order valence-electron chi connectivity index (χ2n) is 11.3. The molecule has 8 nitrogen and oxygen atoms in total. The van der Waals surface area contributed by atoms with Crippen LogP contribution in [0.2, 0.25) is 0 Å². The van der Waals surface area contributed by atoms with Gasteiger partial charge in [0.1, 0.15) is 0 Å². The molecule has 1 N–H and O–H groups in total. The molecule has 3 heterocycles. The van der Waals surface area contributed by atoms with Gasteiger partial charge in [-0.2, -0.15) is 0 Å². The number of methoxy groups -OCH3 is 2. The average Bonchev–Trinajstić information content (AvgIpc) is 3.75. The highest BCUT2D eigenvalue weighted by Gasteiger charge is 2.45. The molecule has 1 aliphatic carbocycles. The highest BCUT2D eigenvalue weighted by molar-refractivity contribution is 5.81. The third-order valence-corrected chi connectivity index (χ3v) is 8.62. The molecular formula is C29H41N3O5. The van der Waals surface area contributed by atoms with Gasteiger partial charge in [0.2, 0.25) is 17.7 Å². The zero-order valence-corrected chi connectivity index (χ0v) is 22.3. The van der Waals surface area contributed by atoms with Gasteiger partial charge in [0, 0.05) is 51.0 Å². The summed E-state index contributed by atoms with van der Waals surface area (Å²) in [5.74, 6) is 2.80. The largest absolute Gasteiger partial charge is 0.493 e. The molecule has 0 radical (unpaired) electrons. The molecule has 0 unspecified atom stereocenters. The minimum atomic E-state index is 0.0612. The third kappa shape index (κ3) is 5.88. The lowest BCUT2D eigenvalue weighted by Gasteiger charge is -2.51. The summed E-state index contributed by atoms with van der Waals surface area (Å²) < 4.78 is 11.2. The fourth-order valence-corrected chi connectivity index (χ4v) is 6.67. The Hall–Kier alpha value is -2.77. The van der Waals surface area contributed by atoms with Crippen LogP contribution < -0.4 is 14.8 Å². The molecule has 4 aliphatic rings. The number of benzene rings is 1. The summed E-state index contributed by atoms with van der Waals surface area (Å²) in [4.78, 5) is 43.2. The number of carbonyl (C=O) groups excluding carboxylic acids is 3. The van der Waals surface area contributed by atoms with Crippen molar-refractivity contribution in [3.63, 3.8) is 0 Å². The molecule has 202 valence electrons. The summed E-state index contributed by atoms with van der Waals surface area (Å²) in [5.41, 5.74) is 2.10. The fourth-order valence-electron chi connectivity index (χ4n) is 6.67. The first-order chi connectivity index (χ1) is 18.0. The Bertz CT molecular complexity index is 1020. The minimum absolute atomic E-state index is 0.0612. The summed E-state index contributed by atoms with van der Waals surface area (Å²) in [7, 11) is 3.28. The van der Waals surface area contributed by atoms with Crippen LogP contribution >= 0.6 is 0 Å². The summed E-state index contributed by atoms with van der Waals surface area (Å²) >= 11 is 0. The van der Waals surface area contributed by atoms with Crippen LogP contribution in [0.25, 0.3) is 0 Å². The maximum atomic E-state index is 13.7. The fraction of sp³-hybridized carbons (Fsp3) is 0.690. The lowest BCUT2D eigenvalue weighted by Crippen LogP contribution is -2.60. The number of likely N-dealkylation sites (tertiary alicyclic amines) is 1. The first kappa shape index (κ1) is 25.9. The Balaban J connectivity index is 1.37. The molecule has 8 heteroatoms. The molecule has 2 saturated heterocycles. The van der Waals surface area contributed by atoms with Gasteiger partial charge in [-0.25, -0.2) is 0 Å². The van der Waals surface area contributed by atoms with E-state index in [1.165, 1.54) is 0 Å². The predicted octanol–water partition coefficient (Wildman–Crippen LogP) is 2.95. The predicted molar refractivity (Wildman–Crippen MR) is 139 cm³/mol. The number of hydrogen-bond acceptors (Lipinski definition) is 5. The molecule has 0 spiro atoms. The van der Waals surface area contributed by atoms with Gasteiger partial charge in [0.25, 0.3) is 0 Å². The van der Waals surface area contributed by atoms with Crippen LogP contribution in [0.4, 0.5) is 0 Å². The molecule has 37 heavy (non-hydrogen) atoms. The molecule has 1 saturated carbocycles. The smallest absolute Gasteiger partial charge is 0.225 e. The number of aryl methyl sites for hydroxylation is 2. The van der Waals surface area contributed by atoms with Crippen LogP contribution in [-0.2, 0) is 27.2 Å². The van der Waals surface area contributed by atoms with E-state index >= 15 is 0 Å². The summed E-state index contributed by atoms with van der Waals surface area (Å²) in [6.07, 6.45) is 7.78. The number of amides is 3. The molecule has 3 amide bonds. The zero-order chi connectivity index (χ0) is 25.9. The van der Waals surface area contributed by atoms with Crippen LogP contribution in [0, 0.1) is 17.8 Å². The van der Waals surface area contributed by atoms with E-state index in [1.54, 1.807) is 14.2 Å². The number of carbonyl (C=O) groups is 3. The number of piperidine rings is 2. The molecule has 3 atom stereocenters. The summed E-state index contributed by atoms with van der Waals surface area (Å²) in [5, 5.41) is 3.06. The summed E-state index contributed by atoms with van der Waals surface area (Å²) in [6.45, 7) is 2.83. The number of nitrogens with one attached hydrogen (secondary N) is 1. The Kier molecular flexibility index (Phi) is 7.91. The van der Waals surface area contributed by atoms with Gasteiger partial charge in [-0.05, 0) is 80.4 Å². The van der Waals surface area contributed by atoms with E-state index in [9.17, 15) is 14.4 Å². The number of nitrogens with zero attached hydrogens (tertiary/aromatic N) is 2. The first-order valence-corrected chi connectivity index (χ1v) is 14.1. The molecule has 4 bridgehead atoms. The van der Waals surface area contributed by atoms with Crippen molar-refractivity contribution in [1.82, 2.24) is 15.1 Å². The number of fused-ring (bicyclic) bond motifs is 6. The van der Waals surface area contributed by atoms with Crippen molar-refractivity contribution in [2.24, 2.45) is 17.8 Å². The molecule has 3 fully saturated rings. The third-order valence-electron chi connectivity index (χ3n) is 8.62. The Labute approximate surface area is 220 Å². The van der Waals surface area contributed by atoms with Crippen molar-refractivity contribution in [3.05, 3.63) is 23.3 Å². The standard InChI is InChI=1S/C29H41N3O5/c1-36-25-15-19-8-11-27(34)32-17-20-14-23(18-31(16-20)29(35)21-9-10-21)24(32)6-3-7-26(33)30-12-4-5-22(13-19)28(25)37-2/h13,15,20-21,23-24H,3-12,14,16-18H2,1-2H3,(H,30,33)/t20-,23+,24-/m0/s1. The van der Waals surface area contributed by atoms with E-state index in [4.69, 9.17) is 9.47 Å². The molecule has 0 aromatic heterocycles. The van der Waals surface area contributed by atoms with Gasteiger partial charge in [0.05, 0.1) is 14.2 Å². The van der Waals surface area contributed by atoms with Gasteiger partial charge in [-0.1, -0.05) is 6.07 Å². The first-order valence-electron chi connectivity index (χ1n) is 14.1. The normalized spacial score (nSPS) is 27.2. The van der Waals surface area contributed by atoms with Gasteiger partial charge >= 0.3 is 0 Å². The second-order valence-corrected chi connectivity index (χ2v) is 11.3.